The van der Waals surface area contributed by atoms with E-state index in [0.717, 1.165) is 0 Å². The molecule has 1 N–H and O–H groups in total. The van der Waals surface area contributed by atoms with E-state index >= 15 is 0 Å². The Morgan fingerprint density at radius 1 is 1.38 bits per heavy atom. The van der Waals surface area contributed by atoms with Crippen molar-refractivity contribution < 1.29 is 14.3 Å². The van der Waals surface area contributed by atoms with Crippen LogP contribution in [0.25, 0.3) is 0 Å². The number of amides is 2. The predicted octanol–water partition coefficient (Wildman–Crippen LogP) is 1.22. The van der Waals surface area contributed by atoms with Crippen LogP contribution in [0.2, 0.25) is 0 Å². The van der Waals surface area contributed by atoms with Gasteiger partial charge in [0.05, 0.1) is 12.2 Å². The maximum Gasteiger partial charge on any atom is 0.407 e. The van der Waals surface area contributed by atoms with E-state index in [4.69, 9.17) is 4.74 Å². The Hall–Kier alpha value is -2.18. The molecule has 1 fully saturated rings. The lowest BCUT2D eigenvalue weighted by molar-refractivity contribution is 0.0502. The Morgan fingerprint density at radius 3 is 2.76 bits per heavy atom. The normalized spacial score (nSPS) is 18.4. The third-order valence-electron chi connectivity index (χ3n) is 2.98. The number of ether oxygens (including phenoxy) is 1. The molecule has 0 aromatic carbocycles. The molecule has 1 aromatic rings. The smallest absolute Gasteiger partial charge is 0.407 e. The van der Waals surface area contributed by atoms with Gasteiger partial charge in [0, 0.05) is 25.5 Å². The van der Waals surface area contributed by atoms with E-state index in [-0.39, 0.29) is 11.9 Å². The lowest BCUT2D eigenvalue weighted by Gasteiger charge is -2.22. The van der Waals surface area contributed by atoms with Crippen LogP contribution in [-0.4, -0.2) is 51.6 Å². The fourth-order valence-corrected chi connectivity index (χ4v) is 2.11. The van der Waals surface area contributed by atoms with Crippen LogP contribution < -0.4 is 5.32 Å². The molecule has 114 valence electrons. The van der Waals surface area contributed by atoms with Crippen molar-refractivity contribution in [1.82, 2.24) is 20.2 Å². The topological polar surface area (TPSA) is 84.4 Å². The lowest BCUT2D eigenvalue weighted by Crippen LogP contribution is -2.41. The Morgan fingerprint density at radius 2 is 2.14 bits per heavy atom. The summed E-state index contributed by atoms with van der Waals surface area (Å²) in [6.45, 7) is 6.46. The molecular formula is C14H20N4O3. The van der Waals surface area contributed by atoms with E-state index < -0.39 is 11.7 Å². The van der Waals surface area contributed by atoms with Crippen LogP contribution in [0.15, 0.2) is 18.6 Å². The minimum Gasteiger partial charge on any atom is -0.444 e. The number of likely N-dealkylation sites (tertiary alicyclic amines) is 1. The van der Waals surface area contributed by atoms with Gasteiger partial charge in [-0.3, -0.25) is 9.78 Å². The summed E-state index contributed by atoms with van der Waals surface area (Å²) in [6.07, 6.45) is 4.69. The van der Waals surface area contributed by atoms with Crippen LogP contribution in [0.3, 0.4) is 0 Å². The number of hydrogen-bond acceptors (Lipinski definition) is 5. The summed E-state index contributed by atoms with van der Waals surface area (Å²) in [7, 11) is 0. The molecule has 21 heavy (non-hydrogen) atoms. The second kappa shape index (κ2) is 6.07. The first-order chi connectivity index (χ1) is 9.85. The number of hydrogen-bond donors (Lipinski definition) is 1. The van der Waals surface area contributed by atoms with Gasteiger partial charge >= 0.3 is 6.09 Å². The third kappa shape index (κ3) is 4.40. The highest BCUT2D eigenvalue weighted by atomic mass is 16.6. The minimum atomic E-state index is -0.530. The minimum absolute atomic E-state index is 0.0968. The van der Waals surface area contributed by atoms with Crippen molar-refractivity contribution in [1.29, 1.82) is 0 Å². The number of carbonyl (C=O) groups excluding carboxylic acids is 2. The molecule has 2 heterocycles. The largest absolute Gasteiger partial charge is 0.444 e. The Bertz CT molecular complexity index is 513. The van der Waals surface area contributed by atoms with Crippen molar-refractivity contribution in [3.05, 3.63) is 24.3 Å². The van der Waals surface area contributed by atoms with Gasteiger partial charge < -0.3 is 15.0 Å². The molecule has 1 unspecified atom stereocenters. The molecule has 1 saturated heterocycles. The van der Waals surface area contributed by atoms with Crippen molar-refractivity contribution in [3.8, 4) is 0 Å². The second-order valence-corrected chi connectivity index (χ2v) is 5.97. The van der Waals surface area contributed by atoms with Gasteiger partial charge in [0.25, 0.3) is 5.91 Å². The van der Waals surface area contributed by atoms with Crippen LogP contribution in [0, 0.1) is 0 Å². The van der Waals surface area contributed by atoms with Crippen molar-refractivity contribution in [2.45, 2.75) is 38.8 Å². The van der Waals surface area contributed by atoms with Crippen LogP contribution in [0.4, 0.5) is 4.79 Å². The van der Waals surface area contributed by atoms with E-state index in [9.17, 15) is 9.59 Å². The first kappa shape index (κ1) is 15.2. The van der Waals surface area contributed by atoms with Crippen molar-refractivity contribution in [2.75, 3.05) is 13.1 Å². The zero-order valence-electron chi connectivity index (χ0n) is 12.5. The molecule has 2 rings (SSSR count). The van der Waals surface area contributed by atoms with E-state index in [1.54, 1.807) is 4.90 Å². The molecule has 2 amide bonds. The first-order valence-electron chi connectivity index (χ1n) is 6.90. The highest BCUT2D eigenvalue weighted by Crippen LogP contribution is 2.13. The second-order valence-electron chi connectivity index (χ2n) is 5.97. The molecule has 7 nitrogen and oxygen atoms in total. The zero-order chi connectivity index (χ0) is 15.5. The molecule has 1 aromatic heterocycles. The van der Waals surface area contributed by atoms with Gasteiger partial charge in [-0.1, -0.05) is 0 Å². The van der Waals surface area contributed by atoms with E-state index in [1.165, 1.54) is 18.6 Å². The van der Waals surface area contributed by atoms with Gasteiger partial charge in [0.15, 0.2) is 0 Å². The average molecular weight is 292 g/mol. The number of rotatable bonds is 2. The van der Waals surface area contributed by atoms with Crippen molar-refractivity contribution in [3.63, 3.8) is 0 Å². The third-order valence-corrected chi connectivity index (χ3v) is 2.98. The quantitative estimate of drug-likeness (QED) is 0.886. The average Bonchev–Trinajstić information content (AvgIpc) is 2.85. The van der Waals surface area contributed by atoms with Crippen LogP contribution >= 0.6 is 0 Å². The number of nitrogens with one attached hydrogen (secondary N) is 1. The summed E-state index contributed by atoms with van der Waals surface area (Å²) < 4.78 is 5.20. The summed E-state index contributed by atoms with van der Waals surface area (Å²) in [5, 5.41) is 2.78. The summed E-state index contributed by atoms with van der Waals surface area (Å²) in [4.78, 5) is 33.4. The fraction of sp³-hybridized carbons (Fsp3) is 0.571. The molecule has 0 bridgehead atoms. The van der Waals surface area contributed by atoms with Crippen molar-refractivity contribution >= 4 is 12.0 Å². The van der Waals surface area contributed by atoms with Crippen LogP contribution in [0.1, 0.15) is 37.7 Å². The molecule has 7 heteroatoms. The highest BCUT2D eigenvalue weighted by molar-refractivity contribution is 5.92. The number of nitrogens with zero attached hydrogens (tertiary/aromatic N) is 3. The summed E-state index contributed by atoms with van der Waals surface area (Å²) >= 11 is 0. The van der Waals surface area contributed by atoms with Crippen LogP contribution in [-0.2, 0) is 4.74 Å². The molecule has 0 aliphatic carbocycles. The Balaban J connectivity index is 1.86. The Kier molecular flexibility index (Phi) is 4.40. The van der Waals surface area contributed by atoms with Crippen molar-refractivity contribution in [2.24, 2.45) is 0 Å². The maximum atomic E-state index is 12.2. The van der Waals surface area contributed by atoms with Gasteiger partial charge in [-0.2, -0.15) is 0 Å². The van der Waals surface area contributed by atoms with E-state index in [2.05, 4.69) is 15.3 Å². The first-order valence-corrected chi connectivity index (χ1v) is 6.90. The number of alkyl carbamates (subject to hydrolysis) is 1. The van der Waals surface area contributed by atoms with Gasteiger partial charge in [0.2, 0.25) is 0 Å². The van der Waals surface area contributed by atoms with Gasteiger partial charge in [-0.05, 0) is 27.2 Å². The molecule has 1 atom stereocenters. The number of aromatic nitrogens is 2. The van der Waals surface area contributed by atoms with Crippen LogP contribution in [0.5, 0.6) is 0 Å². The lowest BCUT2D eigenvalue weighted by atomic mass is 10.2. The van der Waals surface area contributed by atoms with Gasteiger partial charge in [0.1, 0.15) is 11.3 Å². The Labute approximate surface area is 123 Å². The molecule has 0 radical (unpaired) electrons. The molecule has 1 aliphatic rings. The van der Waals surface area contributed by atoms with E-state index in [0.29, 0.717) is 25.2 Å². The molecular weight excluding hydrogens is 272 g/mol. The molecule has 1 aliphatic heterocycles. The van der Waals surface area contributed by atoms with E-state index in [1.807, 2.05) is 20.8 Å². The SMILES string of the molecule is CC(C)(C)OC(=O)NC1CCN(C(=O)c2cnccn2)C1. The fourth-order valence-electron chi connectivity index (χ4n) is 2.11. The van der Waals surface area contributed by atoms with Gasteiger partial charge in [-0.15, -0.1) is 0 Å². The monoisotopic (exact) mass is 292 g/mol. The number of carbonyl (C=O) groups is 2. The van der Waals surface area contributed by atoms with Gasteiger partial charge in [-0.25, -0.2) is 9.78 Å². The maximum absolute atomic E-state index is 12.2. The summed E-state index contributed by atoms with van der Waals surface area (Å²) in [5.41, 5.74) is -0.215. The predicted molar refractivity (Wildman–Crippen MR) is 75.7 cm³/mol. The molecule has 0 saturated carbocycles. The highest BCUT2D eigenvalue weighted by Gasteiger charge is 2.29. The molecule has 0 spiro atoms. The summed E-state index contributed by atoms with van der Waals surface area (Å²) in [5.74, 6) is -0.170. The standard InChI is InChI=1S/C14H20N4O3/c1-14(2,3)21-13(20)17-10-4-7-18(9-10)12(19)11-8-15-5-6-16-11/h5-6,8,10H,4,7,9H2,1-3H3,(H,17,20). The zero-order valence-corrected chi connectivity index (χ0v) is 12.5. The summed E-state index contributed by atoms with van der Waals surface area (Å²) in [6, 6.07) is -0.0968.